The molecule has 1 aliphatic rings. The van der Waals surface area contributed by atoms with Crippen LogP contribution in [0, 0.1) is 0 Å². The third-order valence-electron chi connectivity index (χ3n) is 3.44. The monoisotopic (exact) mass is 309 g/mol. The van der Waals surface area contributed by atoms with E-state index in [9.17, 15) is 0 Å². The normalized spacial score (nSPS) is 17.4. The second kappa shape index (κ2) is 5.20. The van der Waals surface area contributed by atoms with Crippen LogP contribution in [-0.4, -0.2) is 10.1 Å². The second-order valence-electron chi connectivity index (χ2n) is 5.00. The number of nitrogens with two attached hydrogens (primary N) is 1. The standard InChI is InChI=1S/C14H13Cl2N3O/c15-10-6-9(7-11(16)8-10)2-3-12-18-13(19-20-12)14(17)4-1-5-14/h2-3,6-8H,1,4-5,17H2/b3-2+. The molecule has 0 unspecified atom stereocenters. The Morgan fingerprint density at radius 1 is 1.15 bits per heavy atom. The van der Waals surface area contributed by atoms with E-state index >= 15 is 0 Å². The fourth-order valence-electron chi connectivity index (χ4n) is 2.13. The molecule has 2 aromatic rings. The molecule has 0 saturated heterocycles. The SMILES string of the molecule is NC1(c2noc(/C=C/c3cc(Cl)cc(Cl)c3)n2)CCC1. The van der Waals surface area contributed by atoms with Gasteiger partial charge in [-0.25, -0.2) is 0 Å². The zero-order chi connectivity index (χ0) is 14.2. The molecule has 104 valence electrons. The minimum absolute atomic E-state index is 0.408. The summed E-state index contributed by atoms with van der Waals surface area (Å²) < 4.78 is 5.18. The highest BCUT2D eigenvalue weighted by Crippen LogP contribution is 2.36. The van der Waals surface area contributed by atoms with Gasteiger partial charge in [-0.1, -0.05) is 28.4 Å². The van der Waals surface area contributed by atoms with E-state index in [-0.39, 0.29) is 0 Å². The number of rotatable bonds is 3. The van der Waals surface area contributed by atoms with Crippen LogP contribution >= 0.6 is 23.2 Å². The van der Waals surface area contributed by atoms with Gasteiger partial charge in [-0.2, -0.15) is 4.98 Å². The van der Waals surface area contributed by atoms with E-state index in [1.165, 1.54) is 0 Å². The lowest BCUT2D eigenvalue weighted by molar-refractivity contribution is 0.229. The second-order valence-corrected chi connectivity index (χ2v) is 5.87. The fraction of sp³-hybridized carbons (Fsp3) is 0.286. The van der Waals surface area contributed by atoms with Gasteiger partial charge in [0.2, 0.25) is 0 Å². The van der Waals surface area contributed by atoms with Crippen molar-refractivity contribution in [1.82, 2.24) is 10.1 Å². The van der Waals surface area contributed by atoms with Gasteiger partial charge in [0.1, 0.15) is 0 Å². The quantitative estimate of drug-likeness (QED) is 0.934. The van der Waals surface area contributed by atoms with Crippen molar-refractivity contribution < 1.29 is 4.52 Å². The maximum Gasteiger partial charge on any atom is 0.250 e. The molecule has 0 amide bonds. The Hall–Kier alpha value is -1.36. The highest BCUT2D eigenvalue weighted by atomic mass is 35.5. The van der Waals surface area contributed by atoms with E-state index < -0.39 is 5.54 Å². The molecule has 0 bridgehead atoms. The number of aromatic nitrogens is 2. The highest BCUT2D eigenvalue weighted by Gasteiger charge is 2.38. The van der Waals surface area contributed by atoms with E-state index in [0.29, 0.717) is 21.8 Å². The van der Waals surface area contributed by atoms with Gasteiger partial charge >= 0.3 is 0 Å². The van der Waals surface area contributed by atoms with Gasteiger partial charge in [-0.3, -0.25) is 0 Å². The molecule has 1 aliphatic carbocycles. The minimum atomic E-state index is -0.408. The van der Waals surface area contributed by atoms with Crippen LogP contribution in [0.2, 0.25) is 10.0 Å². The largest absolute Gasteiger partial charge is 0.335 e. The first-order valence-electron chi connectivity index (χ1n) is 6.32. The van der Waals surface area contributed by atoms with Gasteiger partial charge in [0.15, 0.2) is 5.82 Å². The molecule has 1 saturated carbocycles. The van der Waals surface area contributed by atoms with Gasteiger partial charge in [0, 0.05) is 16.1 Å². The highest BCUT2D eigenvalue weighted by molar-refractivity contribution is 6.34. The Kier molecular flexibility index (Phi) is 3.54. The molecule has 3 rings (SSSR count). The van der Waals surface area contributed by atoms with Crippen molar-refractivity contribution >= 4 is 35.4 Å². The van der Waals surface area contributed by atoms with Gasteiger partial charge < -0.3 is 10.3 Å². The van der Waals surface area contributed by atoms with Crippen LogP contribution in [-0.2, 0) is 5.54 Å². The number of hydrogen-bond donors (Lipinski definition) is 1. The summed E-state index contributed by atoms with van der Waals surface area (Å²) in [6.07, 6.45) is 6.45. The van der Waals surface area contributed by atoms with E-state index in [1.54, 1.807) is 24.3 Å². The van der Waals surface area contributed by atoms with Gasteiger partial charge in [0.25, 0.3) is 5.89 Å². The molecule has 0 spiro atoms. The van der Waals surface area contributed by atoms with Crippen molar-refractivity contribution in [2.24, 2.45) is 5.73 Å². The first kappa shape index (κ1) is 13.6. The minimum Gasteiger partial charge on any atom is -0.335 e. The average Bonchev–Trinajstić information content (AvgIpc) is 2.81. The summed E-state index contributed by atoms with van der Waals surface area (Å²) in [5.41, 5.74) is 6.60. The van der Waals surface area contributed by atoms with Gasteiger partial charge in [0.05, 0.1) is 5.54 Å². The van der Waals surface area contributed by atoms with Crippen molar-refractivity contribution in [3.63, 3.8) is 0 Å². The van der Waals surface area contributed by atoms with Crippen LogP contribution in [0.5, 0.6) is 0 Å². The van der Waals surface area contributed by atoms with Gasteiger partial charge in [-0.05, 0) is 49.1 Å². The summed E-state index contributed by atoms with van der Waals surface area (Å²) in [4.78, 5) is 4.31. The van der Waals surface area contributed by atoms with Gasteiger partial charge in [-0.15, -0.1) is 0 Å². The van der Waals surface area contributed by atoms with E-state index in [0.717, 1.165) is 24.8 Å². The number of benzene rings is 1. The Morgan fingerprint density at radius 3 is 2.45 bits per heavy atom. The number of halogens is 2. The Balaban J connectivity index is 1.79. The van der Waals surface area contributed by atoms with Crippen LogP contribution in [0.4, 0.5) is 0 Å². The lowest BCUT2D eigenvalue weighted by Gasteiger charge is -2.34. The Bertz CT molecular complexity index is 642. The maximum atomic E-state index is 6.14. The summed E-state index contributed by atoms with van der Waals surface area (Å²) in [7, 11) is 0. The molecule has 20 heavy (non-hydrogen) atoms. The maximum absolute atomic E-state index is 6.14. The van der Waals surface area contributed by atoms with Crippen molar-refractivity contribution in [3.05, 3.63) is 45.5 Å². The molecular formula is C14H13Cl2N3O. The number of hydrogen-bond acceptors (Lipinski definition) is 4. The van der Waals surface area contributed by atoms with E-state index in [4.69, 9.17) is 33.5 Å². The Morgan fingerprint density at radius 2 is 1.85 bits per heavy atom. The van der Waals surface area contributed by atoms with Crippen LogP contribution in [0.1, 0.15) is 36.5 Å². The average molecular weight is 310 g/mol. The summed E-state index contributed by atoms with van der Waals surface area (Å²) in [5, 5.41) is 5.11. The predicted molar refractivity (Wildman–Crippen MR) is 79.4 cm³/mol. The van der Waals surface area contributed by atoms with Crippen LogP contribution < -0.4 is 5.73 Å². The summed E-state index contributed by atoms with van der Waals surface area (Å²) in [5.74, 6) is 1.00. The molecule has 2 N–H and O–H groups in total. The summed E-state index contributed by atoms with van der Waals surface area (Å²) in [6.45, 7) is 0. The smallest absolute Gasteiger partial charge is 0.250 e. The van der Waals surface area contributed by atoms with Crippen molar-refractivity contribution in [2.45, 2.75) is 24.8 Å². The first-order valence-corrected chi connectivity index (χ1v) is 7.08. The molecule has 1 aromatic heterocycles. The van der Waals surface area contributed by atoms with E-state index in [2.05, 4.69) is 10.1 Å². The summed E-state index contributed by atoms with van der Waals surface area (Å²) in [6, 6.07) is 5.29. The molecule has 0 radical (unpaired) electrons. The third kappa shape index (κ3) is 2.73. The zero-order valence-electron chi connectivity index (χ0n) is 10.6. The Labute approximate surface area is 126 Å². The fourth-order valence-corrected chi connectivity index (χ4v) is 2.67. The zero-order valence-corrected chi connectivity index (χ0v) is 12.2. The lowest BCUT2D eigenvalue weighted by Crippen LogP contribution is -2.44. The molecule has 1 heterocycles. The third-order valence-corrected chi connectivity index (χ3v) is 3.87. The van der Waals surface area contributed by atoms with E-state index in [1.807, 2.05) is 6.08 Å². The topological polar surface area (TPSA) is 64.9 Å². The predicted octanol–water partition coefficient (Wildman–Crippen LogP) is 3.88. The molecule has 0 atom stereocenters. The molecule has 4 nitrogen and oxygen atoms in total. The summed E-state index contributed by atoms with van der Waals surface area (Å²) >= 11 is 11.9. The molecular weight excluding hydrogens is 297 g/mol. The van der Waals surface area contributed by atoms with Crippen LogP contribution in [0.3, 0.4) is 0 Å². The molecule has 1 aromatic carbocycles. The van der Waals surface area contributed by atoms with Crippen LogP contribution in [0.25, 0.3) is 12.2 Å². The lowest BCUT2D eigenvalue weighted by atomic mass is 9.77. The molecule has 6 heteroatoms. The van der Waals surface area contributed by atoms with Crippen molar-refractivity contribution in [1.29, 1.82) is 0 Å². The molecule has 1 fully saturated rings. The first-order chi connectivity index (χ1) is 9.55. The molecule has 0 aliphatic heterocycles. The van der Waals surface area contributed by atoms with Crippen molar-refractivity contribution in [2.75, 3.05) is 0 Å². The van der Waals surface area contributed by atoms with Crippen LogP contribution in [0.15, 0.2) is 22.7 Å². The number of nitrogens with zero attached hydrogens (tertiary/aromatic N) is 2. The van der Waals surface area contributed by atoms with Crippen molar-refractivity contribution in [3.8, 4) is 0 Å².